The number of nitrogens with one attached hydrogen (secondary N) is 1. The Balaban J connectivity index is 2.11. The molecule has 0 aromatic heterocycles. The summed E-state index contributed by atoms with van der Waals surface area (Å²) < 4.78 is 0. The summed E-state index contributed by atoms with van der Waals surface area (Å²) in [7, 11) is 0. The number of anilines is 1. The standard InChI is InChI=1S/C16H14N2O/c1-2-12-7-6-10-14(11-12)18-16(19)15(17)13-8-4-3-5-9-13/h1,3-11,15H,17H2,(H,18,19)/t15-/m1/s1. The second-order valence-electron chi connectivity index (χ2n) is 4.10. The van der Waals surface area contributed by atoms with Crippen LogP contribution in [0, 0.1) is 12.3 Å². The summed E-state index contributed by atoms with van der Waals surface area (Å²) in [5.74, 6) is 2.26. The first-order chi connectivity index (χ1) is 9.20. The summed E-state index contributed by atoms with van der Waals surface area (Å²) in [6.45, 7) is 0. The van der Waals surface area contributed by atoms with Crippen molar-refractivity contribution in [3.8, 4) is 12.3 Å². The van der Waals surface area contributed by atoms with E-state index in [-0.39, 0.29) is 5.91 Å². The van der Waals surface area contributed by atoms with Crippen molar-refractivity contribution in [2.75, 3.05) is 5.32 Å². The van der Waals surface area contributed by atoms with Crippen molar-refractivity contribution in [2.24, 2.45) is 5.73 Å². The molecule has 0 unspecified atom stereocenters. The van der Waals surface area contributed by atoms with Gasteiger partial charge in [0.05, 0.1) is 0 Å². The van der Waals surface area contributed by atoms with Gasteiger partial charge in [-0.25, -0.2) is 0 Å². The largest absolute Gasteiger partial charge is 0.324 e. The fraction of sp³-hybridized carbons (Fsp3) is 0.0625. The molecule has 0 spiro atoms. The van der Waals surface area contributed by atoms with Gasteiger partial charge >= 0.3 is 0 Å². The fourth-order valence-electron chi connectivity index (χ4n) is 1.72. The predicted molar refractivity (Wildman–Crippen MR) is 76.4 cm³/mol. The maximum Gasteiger partial charge on any atom is 0.245 e. The van der Waals surface area contributed by atoms with Crippen LogP contribution in [0.1, 0.15) is 17.2 Å². The van der Waals surface area contributed by atoms with Crippen molar-refractivity contribution >= 4 is 11.6 Å². The van der Waals surface area contributed by atoms with Gasteiger partial charge in [-0.15, -0.1) is 6.42 Å². The molecule has 0 heterocycles. The van der Waals surface area contributed by atoms with Gasteiger partial charge < -0.3 is 11.1 Å². The highest BCUT2D eigenvalue weighted by Gasteiger charge is 2.15. The molecule has 1 atom stereocenters. The van der Waals surface area contributed by atoms with Crippen molar-refractivity contribution in [1.29, 1.82) is 0 Å². The lowest BCUT2D eigenvalue weighted by Crippen LogP contribution is -2.27. The van der Waals surface area contributed by atoms with Gasteiger partial charge in [0.25, 0.3) is 0 Å². The molecule has 0 fully saturated rings. The Bertz CT molecular complexity index is 614. The molecule has 2 aromatic carbocycles. The van der Waals surface area contributed by atoms with Gasteiger partial charge in [-0.2, -0.15) is 0 Å². The zero-order valence-corrected chi connectivity index (χ0v) is 10.3. The highest BCUT2D eigenvalue weighted by molar-refractivity contribution is 5.95. The molecule has 94 valence electrons. The first-order valence-electron chi connectivity index (χ1n) is 5.89. The van der Waals surface area contributed by atoms with Gasteiger partial charge in [0.1, 0.15) is 6.04 Å². The van der Waals surface area contributed by atoms with Crippen molar-refractivity contribution in [3.63, 3.8) is 0 Å². The van der Waals surface area contributed by atoms with Crippen LogP contribution in [0.5, 0.6) is 0 Å². The number of carbonyl (C=O) groups excluding carboxylic acids is 1. The average Bonchev–Trinajstić information content (AvgIpc) is 2.47. The number of hydrogen-bond donors (Lipinski definition) is 2. The van der Waals surface area contributed by atoms with Crippen LogP contribution in [0.3, 0.4) is 0 Å². The molecule has 0 bridgehead atoms. The fourth-order valence-corrected chi connectivity index (χ4v) is 1.72. The second kappa shape index (κ2) is 5.85. The van der Waals surface area contributed by atoms with Crippen LogP contribution < -0.4 is 11.1 Å². The van der Waals surface area contributed by atoms with Gasteiger partial charge in [-0.3, -0.25) is 4.79 Å². The highest BCUT2D eigenvalue weighted by Crippen LogP contribution is 2.14. The van der Waals surface area contributed by atoms with Gasteiger partial charge in [-0.1, -0.05) is 42.3 Å². The lowest BCUT2D eigenvalue weighted by atomic mass is 10.1. The number of carbonyl (C=O) groups is 1. The molecular formula is C16H14N2O. The third kappa shape index (κ3) is 3.21. The highest BCUT2D eigenvalue weighted by atomic mass is 16.2. The van der Waals surface area contributed by atoms with E-state index in [2.05, 4.69) is 11.2 Å². The molecule has 0 saturated carbocycles. The Labute approximate surface area is 112 Å². The molecule has 3 N–H and O–H groups in total. The zero-order chi connectivity index (χ0) is 13.7. The third-order valence-electron chi connectivity index (χ3n) is 2.74. The first kappa shape index (κ1) is 12.9. The minimum Gasteiger partial charge on any atom is -0.324 e. The SMILES string of the molecule is C#Cc1cccc(NC(=O)[C@H](N)c2ccccc2)c1. The van der Waals surface area contributed by atoms with E-state index < -0.39 is 6.04 Å². The first-order valence-corrected chi connectivity index (χ1v) is 5.89. The van der Waals surface area contributed by atoms with E-state index in [0.29, 0.717) is 11.3 Å². The summed E-state index contributed by atoms with van der Waals surface area (Å²) >= 11 is 0. The molecule has 0 aliphatic heterocycles. The van der Waals surface area contributed by atoms with Gasteiger partial charge in [-0.05, 0) is 23.8 Å². The predicted octanol–water partition coefficient (Wildman–Crippen LogP) is 2.31. The molecule has 1 amide bonds. The van der Waals surface area contributed by atoms with Crippen LogP contribution in [0.15, 0.2) is 54.6 Å². The maximum atomic E-state index is 12.0. The Morgan fingerprint density at radius 3 is 2.58 bits per heavy atom. The van der Waals surface area contributed by atoms with E-state index in [1.165, 1.54) is 0 Å². The topological polar surface area (TPSA) is 55.1 Å². The maximum absolute atomic E-state index is 12.0. The summed E-state index contributed by atoms with van der Waals surface area (Å²) in [6.07, 6.45) is 5.31. The molecule has 0 saturated heterocycles. The lowest BCUT2D eigenvalue weighted by Gasteiger charge is -2.12. The van der Waals surface area contributed by atoms with Crippen LogP contribution in [0.25, 0.3) is 0 Å². The van der Waals surface area contributed by atoms with Crippen molar-refractivity contribution in [3.05, 3.63) is 65.7 Å². The van der Waals surface area contributed by atoms with Gasteiger partial charge in [0, 0.05) is 11.3 Å². The number of nitrogens with two attached hydrogens (primary N) is 1. The van der Waals surface area contributed by atoms with E-state index >= 15 is 0 Å². The monoisotopic (exact) mass is 250 g/mol. The van der Waals surface area contributed by atoms with Gasteiger partial charge in [0.15, 0.2) is 0 Å². The number of hydrogen-bond acceptors (Lipinski definition) is 2. The van der Waals surface area contributed by atoms with Crippen molar-refractivity contribution in [2.45, 2.75) is 6.04 Å². The van der Waals surface area contributed by atoms with Crippen molar-refractivity contribution < 1.29 is 4.79 Å². The smallest absolute Gasteiger partial charge is 0.245 e. The van der Waals surface area contributed by atoms with Crippen LogP contribution in [0.2, 0.25) is 0 Å². The molecule has 0 aliphatic carbocycles. The van der Waals surface area contributed by atoms with Crippen molar-refractivity contribution in [1.82, 2.24) is 0 Å². The Morgan fingerprint density at radius 1 is 1.16 bits per heavy atom. The summed E-state index contributed by atoms with van der Waals surface area (Å²) in [4.78, 5) is 12.0. The minimum atomic E-state index is -0.698. The molecule has 3 heteroatoms. The Kier molecular flexibility index (Phi) is 3.97. The molecule has 0 radical (unpaired) electrons. The normalized spacial score (nSPS) is 11.4. The number of rotatable bonds is 3. The van der Waals surface area contributed by atoms with Crippen LogP contribution in [-0.2, 0) is 4.79 Å². The number of amides is 1. The molecule has 19 heavy (non-hydrogen) atoms. The Morgan fingerprint density at radius 2 is 1.89 bits per heavy atom. The van der Waals surface area contributed by atoms with Crippen LogP contribution >= 0.6 is 0 Å². The van der Waals surface area contributed by atoms with E-state index in [0.717, 1.165) is 5.56 Å². The van der Waals surface area contributed by atoms with E-state index in [1.54, 1.807) is 24.3 Å². The number of terminal acetylenes is 1. The lowest BCUT2D eigenvalue weighted by molar-refractivity contribution is -0.117. The van der Waals surface area contributed by atoms with Crippen LogP contribution in [-0.4, -0.2) is 5.91 Å². The van der Waals surface area contributed by atoms with E-state index in [1.807, 2.05) is 30.3 Å². The molecule has 3 nitrogen and oxygen atoms in total. The summed E-state index contributed by atoms with van der Waals surface area (Å²) in [5.41, 5.74) is 8.04. The molecule has 2 aromatic rings. The van der Waals surface area contributed by atoms with E-state index in [4.69, 9.17) is 12.2 Å². The van der Waals surface area contributed by atoms with Crippen LogP contribution in [0.4, 0.5) is 5.69 Å². The average molecular weight is 250 g/mol. The Hall–Kier alpha value is -2.57. The quantitative estimate of drug-likeness (QED) is 0.821. The summed E-state index contributed by atoms with van der Waals surface area (Å²) in [5, 5.41) is 2.76. The third-order valence-corrected chi connectivity index (χ3v) is 2.74. The van der Waals surface area contributed by atoms with E-state index in [9.17, 15) is 4.79 Å². The molecular weight excluding hydrogens is 236 g/mol. The number of benzene rings is 2. The van der Waals surface area contributed by atoms with Gasteiger partial charge in [0.2, 0.25) is 5.91 Å². The second-order valence-corrected chi connectivity index (χ2v) is 4.10. The zero-order valence-electron chi connectivity index (χ0n) is 10.3. The summed E-state index contributed by atoms with van der Waals surface area (Å²) in [6, 6.07) is 15.6. The minimum absolute atomic E-state index is 0.264. The molecule has 2 rings (SSSR count). The molecule has 0 aliphatic rings.